The fraction of sp³-hybridized carbons (Fsp3) is 0.467. The van der Waals surface area contributed by atoms with Gasteiger partial charge in [0.15, 0.2) is 0 Å². The number of nitrogens with one attached hydrogen (secondary N) is 1. The van der Waals surface area contributed by atoms with Crippen LogP contribution in [0.5, 0.6) is 5.75 Å². The van der Waals surface area contributed by atoms with Crippen LogP contribution in [-0.4, -0.2) is 36.9 Å². The summed E-state index contributed by atoms with van der Waals surface area (Å²) in [5, 5.41) is 2.61. The number of amides is 1. The fourth-order valence-corrected chi connectivity index (χ4v) is 2.27. The summed E-state index contributed by atoms with van der Waals surface area (Å²) in [6.07, 6.45) is 0. The summed E-state index contributed by atoms with van der Waals surface area (Å²) in [7, 11) is 0. The average molecular weight is 311 g/mol. The lowest BCUT2D eigenvalue weighted by Gasteiger charge is -2.12. The van der Waals surface area contributed by atoms with E-state index in [1.807, 2.05) is 31.2 Å². The van der Waals surface area contributed by atoms with Gasteiger partial charge in [-0.1, -0.05) is 0 Å². The molecule has 1 amide bonds. The van der Waals surface area contributed by atoms with Crippen LogP contribution in [0.3, 0.4) is 0 Å². The molecule has 116 valence electrons. The van der Waals surface area contributed by atoms with Crippen LogP contribution in [0.2, 0.25) is 0 Å². The quantitative estimate of drug-likeness (QED) is 0.589. The van der Waals surface area contributed by atoms with E-state index in [9.17, 15) is 9.59 Å². The van der Waals surface area contributed by atoms with Gasteiger partial charge in [-0.2, -0.15) is 0 Å². The highest BCUT2D eigenvalue weighted by Gasteiger charge is 2.16. The second kappa shape index (κ2) is 9.28. The molecule has 0 aliphatic rings. The molecule has 0 saturated carbocycles. The Kier molecular flexibility index (Phi) is 7.68. The van der Waals surface area contributed by atoms with Crippen LogP contribution in [0, 0.1) is 0 Å². The first-order chi connectivity index (χ1) is 10.1. The molecule has 1 atom stereocenters. The second-order valence-corrected chi connectivity index (χ2v) is 5.28. The molecule has 6 heteroatoms. The first-order valence-electron chi connectivity index (χ1n) is 6.88. The normalized spacial score (nSPS) is 11.6. The van der Waals surface area contributed by atoms with Gasteiger partial charge >= 0.3 is 5.97 Å². The Morgan fingerprint density at radius 2 is 1.86 bits per heavy atom. The van der Waals surface area contributed by atoms with Crippen molar-refractivity contribution in [3.8, 4) is 5.75 Å². The second-order valence-electron chi connectivity index (χ2n) is 4.23. The fourth-order valence-electron chi connectivity index (χ4n) is 1.56. The Morgan fingerprint density at radius 1 is 1.19 bits per heavy atom. The number of benzene rings is 1. The first kappa shape index (κ1) is 17.4. The molecule has 0 aliphatic heterocycles. The standard InChI is InChI=1S/C15H21NO4S/c1-4-19-12-6-8-13(9-7-12)21-10-14(17)16-11(3)15(18)20-5-2/h6-9,11H,4-5,10H2,1-3H3,(H,16,17). The summed E-state index contributed by atoms with van der Waals surface area (Å²) in [4.78, 5) is 24.1. The van der Waals surface area contributed by atoms with E-state index in [2.05, 4.69) is 5.32 Å². The van der Waals surface area contributed by atoms with Crippen LogP contribution >= 0.6 is 11.8 Å². The molecule has 1 N–H and O–H groups in total. The zero-order valence-electron chi connectivity index (χ0n) is 12.5. The zero-order chi connectivity index (χ0) is 15.7. The predicted octanol–water partition coefficient (Wildman–Crippen LogP) is 2.25. The van der Waals surface area contributed by atoms with Gasteiger partial charge in [-0.15, -0.1) is 11.8 Å². The van der Waals surface area contributed by atoms with E-state index in [0.717, 1.165) is 10.6 Å². The van der Waals surface area contributed by atoms with Gasteiger partial charge in [0.25, 0.3) is 0 Å². The van der Waals surface area contributed by atoms with Crippen LogP contribution in [0.1, 0.15) is 20.8 Å². The van der Waals surface area contributed by atoms with Gasteiger partial charge < -0.3 is 14.8 Å². The number of rotatable bonds is 8. The average Bonchev–Trinajstić information content (AvgIpc) is 2.47. The van der Waals surface area contributed by atoms with Crippen molar-refractivity contribution in [1.29, 1.82) is 0 Å². The van der Waals surface area contributed by atoms with Gasteiger partial charge in [0.1, 0.15) is 11.8 Å². The molecule has 21 heavy (non-hydrogen) atoms. The summed E-state index contributed by atoms with van der Waals surface area (Å²) in [6, 6.07) is 6.91. The number of thioether (sulfide) groups is 1. The maximum atomic E-state index is 11.7. The van der Waals surface area contributed by atoms with Crippen LogP contribution in [-0.2, 0) is 14.3 Å². The van der Waals surface area contributed by atoms with Crippen molar-refractivity contribution in [2.75, 3.05) is 19.0 Å². The number of hydrogen-bond acceptors (Lipinski definition) is 5. The summed E-state index contributed by atoms with van der Waals surface area (Å²) >= 11 is 1.40. The summed E-state index contributed by atoms with van der Waals surface area (Å²) in [5.41, 5.74) is 0. The van der Waals surface area contributed by atoms with Gasteiger partial charge in [-0.3, -0.25) is 4.79 Å². The molecule has 0 fully saturated rings. The minimum atomic E-state index is -0.626. The molecule has 0 saturated heterocycles. The van der Waals surface area contributed by atoms with Gasteiger partial charge in [-0.25, -0.2) is 4.79 Å². The van der Waals surface area contributed by atoms with E-state index in [1.54, 1.807) is 13.8 Å². The van der Waals surface area contributed by atoms with Crippen molar-refractivity contribution in [3.05, 3.63) is 24.3 Å². The first-order valence-corrected chi connectivity index (χ1v) is 7.87. The predicted molar refractivity (Wildman–Crippen MR) is 82.6 cm³/mol. The highest BCUT2D eigenvalue weighted by Crippen LogP contribution is 2.21. The minimum Gasteiger partial charge on any atom is -0.494 e. The third-order valence-electron chi connectivity index (χ3n) is 2.52. The maximum Gasteiger partial charge on any atom is 0.328 e. The zero-order valence-corrected chi connectivity index (χ0v) is 13.4. The number of carbonyl (C=O) groups is 2. The monoisotopic (exact) mass is 311 g/mol. The Morgan fingerprint density at radius 3 is 2.43 bits per heavy atom. The molecule has 0 aliphatic carbocycles. The SMILES string of the molecule is CCOC(=O)C(C)NC(=O)CSc1ccc(OCC)cc1. The number of esters is 1. The molecular formula is C15H21NO4S. The molecule has 1 aromatic rings. The highest BCUT2D eigenvalue weighted by atomic mass is 32.2. The van der Waals surface area contributed by atoms with Crippen molar-refractivity contribution >= 4 is 23.6 Å². The highest BCUT2D eigenvalue weighted by molar-refractivity contribution is 8.00. The van der Waals surface area contributed by atoms with E-state index in [1.165, 1.54) is 11.8 Å². The van der Waals surface area contributed by atoms with Gasteiger partial charge in [0.05, 0.1) is 19.0 Å². The van der Waals surface area contributed by atoms with Crippen molar-refractivity contribution in [3.63, 3.8) is 0 Å². The van der Waals surface area contributed by atoms with E-state index < -0.39 is 12.0 Å². The molecule has 0 bridgehead atoms. The van der Waals surface area contributed by atoms with Crippen LogP contribution in [0.4, 0.5) is 0 Å². The largest absolute Gasteiger partial charge is 0.494 e. The molecule has 0 spiro atoms. The molecule has 1 unspecified atom stereocenters. The van der Waals surface area contributed by atoms with E-state index in [0.29, 0.717) is 13.2 Å². The molecule has 0 aromatic heterocycles. The van der Waals surface area contributed by atoms with Gasteiger partial charge in [-0.05, 0) is 45.0 Å². The topological polar surface area (TPSA) is 64.6 Å². The number of hydrogen-bond donors (Lipinski definition) is 1. The molecule has 0 heterocycles. The summed E-state index contributed by atoms with van der Waals surface area (Å²) < 4.78 is 10.2. The van der Waals surface area contributed by atoms with Crippen molar-refractivity contribution in [2.24, 2.45) is 0 Å². The third kappa shape index (κ3) is 6.53. The van der Waals surface area contributed by atoms with Crippen LogP contribution in [0.25, 0.3) is 0 Å². The van der Waals surface area contributed by atoms with Crippen molar-refractivity contribution in [1.82, 2.24) is 5.32 Å². The lowest BCUT2D eigenvalue weighted by Crippen LogP contribution is -2.40. The Hall–Kier alpha value is -1.69. The van der Waals surface area contributed by atoms with Gasteiger partial charge in [0, 0.05) is 4.90 Å². The summed E-state index contributed by atoms with van der Waals surface area (Å²) in [5.74, 6) is 0.436. The van der Waals surface area contributed by atoms with E-state index in [4.69, 9.17) is 9.47 Å². The van der Waals surface area contributed by atoms with Crippen LogP contribution in [0.15, 0.2) is 29.2 Å². The van der Waals surface area contributed by atoms with Crippen molar-refractivity contribution in [2.45, 2.75) is 31.7 Å². The molecular weight excluding hydrogens is 290 g/mol. The smallest absolute Gasteiger partial charge is 0.328 e. The lowest BCUT2D eigenvalue weighted by molar-refractivity contribution is -0.146. The summed E-state index contributed by atoms with van der Waals surface area (Å²) in [6.45, 7) is 6.20. The van der Waals surface area contributed by atoms with Gasteiger partial charge in [0.2, 0.25) is 5.91 Å². The minimum absolute atomic E-state index is 0.200. The maximum absolute atomic E-state index is 11.7. The Bertz CT molecular complexity index is 461. The molecule has 0 radical (unpaired) electrons. The molecule has 5 nitrogen and oxygen atoms in total. The molecule has 1 aromatic carbocycles. The Balaban J connectivity index is 2.37. The Labute approximate surface area is 129 Å². The van der Waals surface area contributed by atoms with Crippen molar-refractivity contribution < 1.29 is 19.1 Å². The number of ether oxygens (including phenoxy) is 2. The molecule has 1 rings (SSSR count). The van der Waals surface area contributed by atoms with E-state index >= 15 is 0 Å². The number of carbonyl (C=O) groups excluding carboxylic acids is 2. The van der Waals surface area contributed by atoms with E-state index in [-0.39, 0.29) is 11.7 Å². The lowest BCUT2D eigenvalue weighted by atomic mass is 10.3. The third-order valence-corrected chi connectivity index (χ3v) is 3.53. The van der Waals surface area contributed by atoms with Crippen LogP contribution < -0.4 is 10.1 Å².